The van der Waals surface area contributed by atoms with E-state index < -0.39 is 0 Å². The summed E-state index contributed by atoms with van der Waals surface area (Å²) in [5.41, 5.74) is 3.42. The monoisotopic (exact) mass is 274 g/mol. The van der Waals surface area contributed by atoms with Gasteiger partial charge in [0.2, 0.25) is 0 Å². The lowest BCUT2D eigenvalue weighted by Crippen LogP contribution is -2.19. The summed E-state index contributed by atoms with van der Waals surface area (Å²) in [5, 5.41) is 0. The maximum Gasteiger partial charge on any atom is 0.0641 e. The summed E-state index contributed by atoms with van der Waals surface area (Å²) in [4.78, 5) is 6.55. The van der Waals surface area contributed by atoms with Crippen LogP contribution in [-0.2, 0) is 5.88 Å². The second-order valence-corrected chi connectivity index (χ2v) is 4.75. The minimum absolute atomic E-state index is 0.507. The number of rotatable bonds is 6. The number of hydrogen-bond acceptors (Lipinski definition) is 2. The lowest BCUT2D eigenvalue weighted by Gasteiger charge is -2.26. The molecule has 1 heterocycles. The molecule has 1 aromatic carbocycles. The van der Waals surface area contributed by atoms with Crippen molar-refractivity contribution in [2.24, 2.45) is 0 Å². The van der Waals surface area contributed by atoms with E-state index in [1.165, 1.54) is 12.1 Å². The van der Waals surface area contributed by atoms with E-state index in [0.29, 0.717) is 5.88 Å². The summed E-state index contributed by atoms with van der Waals surface area (Å²) in [5.74, 6) is 0.507. The summed E-state index contributed by atoms with van der Waals surface area (Å²) < 4.78 is 0. The summed E-state index contributed by atoms with van der Waals surface area (Å²) in [6, 6.07) is 12.4. The molecule has 0 atom stereocenters. The molecule has 0 spiro atoms. The third-order valence-electron chi connectivity index (χ3n) is 3.13. The average Bonchev–Trinajstić information content (AvgIpc) is 2.49. The van der Waals surface area contributed by atoms with Gasteiger partial charge < -0.3 is 4.90 Å². The first-order valence-electron chi connectivity index (χ1n) is 6.68. The second kappa shape index (κ2) is 7.15. The number of nitrogens with zero attached hydrogens (tertiary/aromatic N) is 2. The summed E-state index contributed by atoms with van der Waals surface area (Å²) in [6.45, 7) is 3.19. The van der Waals surface area contributed by atoms with Gasteiger partial charge in [0.05, 0.1) is 11.9 Å². The molecule has 2 aromatic rings. The molecule has 0 fully saturated rings. The van der Waals surface area contributed by atoms with Crippen LogP contribution in [0.1, 0.15) is 25.3 Å². The van der Waals surface area contributed by atoms with Crippen LogP contribution in [0.5, 0.6) is 0 Å². The topological polar surface area (TPSA) is 16.1 Å². The Labute approximate surface area is 120 Å². The van der Waals surface area contributed by atoms with E-state index >= 15 is 0 Å². The van der Waals surface area contributed by atoms with Gasteiger partial charge in [-0.05, 0) is 30.2 Å². The Bertz CT molecular complexity index is 499. The molecule has 0 unspecified atom stereocenters. The molecule has 0 bridgehead atoms. The van der Waals surface area contributed by atoms with Gasteiger partial charge in [-0.25, -0.2) is 0 Å². The standard InChI is InChI=1S/C16H19ClN2/c1-2-3-11-19(15-7-5-4-6-8-15)16-13-18-10-9-14(16)12-17/h4-10,13H,2-3,11-12H2,1H3. The molecular formula is C16H19ClN2. The molecule has 3 heteroatoms. The van der Waals surface area contributed by atoms with Gasteiger partial charge in [0, 0.05) is 24.3 Å². The Kier molecular flexibility index (Phi) is 5.22. The van der Waals surface area contributed by atoms with Gasteiger partial charge in [-0.3, -0.25) is 4.98 Å². The van der Waals surface area contributed by atoms with Gasteiger partial charge in [-0.1, -0.05) is 31.5 Å². The molecule has 0 aliphatic rings. The summed E-state index contributed by atoms with van der Waals surface area (Å²) in [6.07, 6.45) is 6.01. The minimum atomic E-state index is 0.507. The molecular weight excluding hydrogens is 256 g/mol. The van der Waals surface area contributed by atoms with Crippen molar-refractivity contribution in [3.8, 4) is 0 Å². The van der Waals surface area contributed by atoms with Crippen LogP contribution in [0, 0.1) is 0 Å². The number of unbranched alkanes of at least 4 members (excludes halogenated alkanes) is 1. The van der Waals surface area contributed by atoms with Crippen molar-refractivity contribution >= 4 is 23.0 Å². The molecule has 19 heavy (non-hydrogen) atoms. The second-order valence-electron chi connectivity index (χ2n) is 4.48. The van der Waals surface area contributed by atoms with Crippen molar-refractivity contribution in [1.82, 2.24) is 4.98 Å². The van der Waals surface area contributed by atoms with E-state index in [1.54, 1.807) is 6.20 Å². The van der Waals surface area contributed by atoms with Gasteiger partial charge >= 0.3 is 0 Å². The van der Waals surface area contributed by atoms with Crippen LogP contribution in [0.25, 0.3) is 0 Å². The van der Waals surface area contributed by atoms with Crippen molar-refractivity contribution in [1.29, 1.82) is 0 Å². The number of alkyl halides is 1. The first-order valence-corrected chi connectivity index (χ1v) is 7.21. The molecule has 0 aliphatic heterocycles. The third-order valence-corrected chi connectivity index (χ3v) is 3.41. The highest BCUT2D eigenvalue weighted by Crippen LogP contribution is 2.29. The predicted octanol–water partition coefficient (Wildman–Crippen LogP) is 4.76. The normalized spacial score (nSPS) is 10.4. The van der Waals surface area contributed by atoms with Gasteiger partial charge in [0.15, 0.2) is 0 Å². The SMILES string of the molecule is CCCCN(c1ccccc1)c1cnccc1CCl. The fraction of sp³-hybridized carbons (Fsp3) is 0.312. The number of anilines is 2. The minimum Gasteiger partial charge on any atom is -0.340 e. The largest absolute Gasteiger partial charge is 0.340 e. The van der Waals surface area contributed by atoms with Crippen molar-refractivity contribution in [2.45, 2.75) is 25.6 Å². The molecule has 1 aromatic heterocycles. The molecule has 100 valence electrons. The zero-order valence-corrected chi connectivity index (χ0v) is 12.0. The maximum atomic E-state index is 6.04. The number of para-hydroxylation sites is 1. The van der Waals surface area contributed by atoms with E-state index in [4.69, 9.17) is 11.6 Å². The third kappa shape index (κ3) is 3.48. The van der Waals surface area contributed by atoms with Crippen LogP contribution in [0.3, 0.4) is 0 Å². The number of benzene rings is 1. The van der Waals surface area contributed by atoms with E-state index in [-0.39, 0.29) is 0 Å². The van der Waals surface area contributed by atoms with Crippen LogP contribution < -0.4 is 4.90 Å². The first kappa shape index (κ1) is 13.9. The Hall–Kier alpha value is -1.54. The Balaban J connectivity index is 2.37. The average molecular weight is 275 g/mol. The number of hydrogen-bond donors (Lipinski definition) is 0. The lowest BCUT2D eigenvalue weighted by molar-refractivity contribution is 0.783. The van der Waals surface area contributed by atoms with Crippen LogP contribution in [0.4, 0.5) is 11.4 Å². The highest BCUT2D eigenvalue weighted by molar-refractivity contribution is 6.17. The van der Waals surface area contributed by atoms with E-state index in [9.17, 15) is 0 Å². The fourth-order valence-corrected chi connectivity index (χ4v) is 2.31. The van der Waals surface area contributed by atoms with Crippen LogP contribution >= 0.6 is 11.6 Å². The van der Waals surface area contributed by atoms with Crippen LogP contribution in [0.2, 0.25) is 0 Å². The zero-order chi connectivity index (χ0) is 13.5. The molecule has 0 aliphatic carbocycles. The summed E-state index contributed by atoms with van der Waals surface area (Å²) >= 11 is 6.04. The molecule has 0 amide bonds. The molecule has 0 radical (unpaired) electrons. The van der Waals surface area contributed by atoms with E-state index in [2.05, 4.69) is 41.1 Å². The van der Waals surface area contributed by atoms with Gasteiger partial charge in [-0.2, -0.15) is 0 Å². The highest BCUT2D eigenvalue weighted by Gasteiger charge is 2.12. The van der Waals surface area contributed by atoms with Crippen molar-refractivity contribution in [2.75, 3.05) is 11.4 Å². The molecule has 2 rings (SSSR count). The van der Waals surface area contributed by atoms with Crippen LogP contribution in [-0.4, -0.2) is 11.5 Å². The first-order chi connectivity index (χ1) is 9.36. The van der Waals surface area contributed by atoms with Crippen molar-refractivity contribution in [3.05, 3.63) is 54.4 Å². The molecule has 0 N–H and O–H groups in total. The van der Waals surface area contributed by atoms with Gasteiger partial charge in [0.25, 0.3) is 0 Å². The van der Waals surface area contributed by atoms with E-state index in [1.807, 2.05) is 18.3 Å². The van der Waals surface area contributed by atoms with Crippen molar-refractivity contribution < 1.29 is 0 Å². The smallest absolute Gasteiger partial charge is 0.0641 e. The predicted molar refractivity (Wildman–Crippen MR) is 82.2 cm³/mol. The lowest BCUT2D eigenvalue weighted by atomic mass is 10.2. The van der Waals surface area contributed by atoms with Crippen LogP contribution in [0.15, 0.2) is 48.8 Å². The van der Waals surface area contributed by atoms with Gasteiger partial charge in [0.1, 0.15) is 0 Å². The number of pyridine rings is 1. The van der Waals surface area contributed by atoms with Crippen molar-refractivity contribution in [3.63, 3.8) is 0 Å². The van der Waals surface area contributed by atoms with Gasteiger partial charge in [-0.15, -0.1) is 11.6 Å². The fourth-order valence-electron chi connectivity index (χ4n) is 2.08. The molecule has 0 saturated heterocycles. The highest BCUT2D eigenvalue weighted by atomic mass is 35.5. The number of aromatic nitrogens is 1. The summed E-state index contributed by atoms with van der Waals surface area (Å²) in [7, 11) is 0. The Morgan fingerprint density at radius 1 is 1.16 bits per heavy atom. The quantitative estimate of drug-likeness (QED) is 0.706. The maximum absolute atomic E-state index is 6.04. The molecule has 2 nitrogen and oxygen atoms in total. The Morgan fingerprint density at radius 2 is 1.95 bits per heavy atom. The van der Waals surface area contributed by atoms with E-state index in [0.717, 1.165) is 24.2 Å². The Morgan fingerprint density at radius 3 is 2.63 bits per heavy atom. The molecule has 0 saturated carbocycles. The number of halogens is 1. The zero-order valence-electron chi connectivity index (χ0n) is 11.2.